The predicted octanol–water partition coefficient (Wildman–Crippen LogP) is -4.19. The van der Waals surface area contributed by atoms with Crippen molar-refractivity contribution in [1.29, 1.82) is 0 Å². The van der Waals surface area contributed by atoms with E-state index in [9.17, 15) is 39.9 Å². The summed E-state index contributed by atoms with van der Waals surface area (Å²) in [5.74, 6) is -5.11. The summed E-state index contributed by atoms with van der Waals surface area (Å²) in [5.41, 5.74) is 0. The Kier molecular flexibility index (Phi) is 9.51. The minimum Gasteiger partial charge on any atom is -0.477 e. The van der Waals surface area contributed by atoms with Gasteiger partial charge in [0.1, 0.15) is 24.4 Å². The first-order valence-electron chi connectivity index (χ1n) is 10.4. The average Bonchev–Trinajstić information content (AvgIpc) is 2.72. The van der Waals surface area contributed by atoms with Gasteiger partial charge in [-0.15, -0.1) is 0 Å². The minimum absolute atomic E-state index is 0.0445. The quantitative estimate of drug-likeness (QED) is 0.157. The summed E-state index contributed by atoms with van der Waals surface area (Å²) in [7, 11) is 0. The van der Waals surface area contributed by atoms with Crippen molar-refractivity contribution in [2.24, 2.45) is 0 Å². The summed E-state index contributed by atoms with van der Waals surface area (Å²) in [6.07, 6.45) is -9.53. The number of carbonyl (C=O) groups is 3. The second-order valence-corrected chi connectivity index (χ2v) is 8.26. The fourth-order valence-electron chi connectivity index (χ4n) is 3.90. The van der Waals surface area contributed by atoms with Crippen molar-refractivity contribution in [3.05, 3.63) is 0 Å². The van der Waals surface area contributed by atoms with Gasteiger partial charge in [-0.1, -0.05) is 0 Å². The smallest absolute Gasteiger partial charge is 0.364 e. The fraction of sp³-hybridized carbons (Fsp3) is 0.842. The van der Waals surface area contributed by atoms with Gasteiger partial charge in [-0.25, -0.2) is 4.79 Å². The van der Waals surface area contributed by atoms with Crippen molar-refractivity contribution in [2.75, 3.05) is 19.8 Å². The molecule has 0 aromatic rings. The molecule has 2 amide bonds. The van der Waals surface area contributed by atoms with E-state index in [0.29, 0.717) is 0 Å². The van der Waals surface area contributed by atoms with Crippen molar-refractivity contribution in [3.63, 3.8) is 0 Å². The molecule has 2 aliphatic heterocycles. The first-order valence-corrected chi connectivity index (χ1v) is 10.4. The maximum Gasteiger partial charge on any atom is 0.364 e. The molecule has 0 spiro atoms. The summed E-state index contributed by atoms with van der Waals surface area (Å²) in [5, 5.41) is 65.0. The monoisotopic (exact) mass is 480 g/mol. The molecule has 2 rings (SSSR count). The van der Waals surface area contributed by atoms with Gasteiger partial charge < -0.3 is 55.5 Å². The molecule has 190 valence electrons. The van der Waals surface area contributed by atoms with E-state index < -0.39 is 86.0 Å². The lowest BCUT2D eigenvalue weighted by molar-refractivity contribution is -0.318. The van der Waals surface area contributed by atoms with Gasteiger partial charge in [-0.05, 0) is 6.42 Å². The minimum atomic E-state index is -2.52. The summed E-state index contributed by atoms with van der Waals surface area (Å²) >= 11 is 0. The number of aliphatic carboxylic acids is 1. The SMILES string of the molecule is CC(=O)N[C@H]1CO[C@H](CO[C@]2(C(=O)O)C[C@H](O)[C@@H](NC(C)=O)[C@H]([C@H](O)[C@H](O)CO)O2)[C@@H](O)C1. The van der Waals surface area contributed by atoms with Crippen LogP contribution in [0.1, 0.15) is 26.7 Å². The molecule has 2 fully saturated rings. The standard InChI is InChI=1S/C19H32N2O12/c1-8(23)20-10-3-11(25)14(31-6-10)7-32-19(18(29)30)4-12(26)15(21-9(2)24)17(33-19)16(28)13(27)5-22/h10-17,22,25-28H,3-7H2,1-2H3,(H,20,23)(H,21,24)(H,29,30)/t10-,11+,12+,13-,14-,15-,16-,17-,19-/m1/s1. The van der Waals surface area contributed by atoms with Gasteiger partial charge in [0.15, 0.2) is 0 Å². The van der Waals surface area contributed by atoms with Crippen LogP contribution in [0.15, 0.2) is 0 Å². The van der Waals surface area contributed by atoms with E-state index in [0.717, 1.165) is 6.92 Å². The third-order valence-electron chi connectivity index (χ3n) is 5.54. The number of carboxylic acids is 1. The van der Waals surface area contributed by atoms with Crippen molar-refractivity contribution in [1.82, 2.24) is 10.6 Å². The van der Waals surface area contributed by atoms with Gasteiger partial charge in [0.05, 0.1) is 44.1 Å². The topological polar surface area (TPSA) is 224 Å². The number of carboxylic acid groups (broad SMARTS) is 1. The van der Waals surface area contributed by atoms with Gasteiger partial charge in [-0.3, -0.25) is 9.59 Å². The molecule has 14 nitrogen and oxygen atoms in total. The van der Waals surface area contributed by atoms with Gasteiger partial charge in [0.2, 0.25) is 11.8 Å². The number of rotatable bonds is 9. The van der Waals surface area contributed by atoms with Crippen LogP contribution >= 0.6 is 0 Å². The molecule has 2 aliphatic rings. The maximum atomic E-state index is 12.1. The highest BCUT2D eigenvalue weighted by molar-refractivity contribution is 5.76. The van der Waals surface area contributed by atoms with Crippen molar-refractivity contribution < 1.29 is 59.2 Å². The third-order valence-corrected chi connectivity index (χ3v) is 5.54. The Hall–Kier alpha value is -1.91. The van der Waals surface area contributed by atoms with Crippen LogP contribution in [0.4, 0.5) is 0 Å². The van der Waals surface area contributed by atoms with Gasteiger partial charge >= 0.3 is 5.97 Å². The number of carbonyl (C=O) groups excluding carboxylic acids is 2. The Labute approximate surface area is 189 Å². The van der Waals surface area contributed by atoms with E-state index in [2.05, 4.69) is 10.6 Å². The molecule has 0 aromatic carbocycles. The van der Waals surface area contributed by atoms with Gasteiger partial charge in [-0.2, -0.15) is 0 Å². The molecule has 0 saturated carbocycles. The van der Waals surface area contributed by atoms with Crippen molar-refractivity contribution in [3.8, 4) is 0 Å². The molecule has 0 aliphatic carbocycles. The lowest BCUT2D eigenvalue weighted by atomic mass is 9.88. The Balaban J connectivity index is 2.17. The van der Waals surface area contributed by atoms with Crippen LogP contribution in [0.25, 0.3) is 0 Å². The lowest BCUT2D eigenvalue weighted by Crippen LogP contribution is -2.68. The molecule has 2 saturated heterocycles. The zero-order chi connectivity index (χ0) is 24.9. The predicted molar refractivity (Wildman–Crippen MR) is 106 cm³/mol. The molecular weight excluding hydrogens is 448 g/mol. The second-order valence-electron chi connectivity index (χ2n) is 8.26. The highest BCUT2D eigenvalue weighted by Crippen LogP contribution is 2.34. The number of hydrogen-bond donors (Lipinski definition) is 8. The summed E-state index contributed by atoms with van der Waals surface area (Å²) in [6.45, 7) is 1.11. The Bertz CT molecular complexity index is 708. The molecule has 33 heavy (non-hydrogen) atoms. The normalized spacial score (nSPS) is 36.5. The summed E-state index contributed by atoms with van der Waals surface area (Å²) in [6, 6.07) is -1.75. The number of nitrogens with one attached hydrogen (secondary N) is 2. The molecule has 0 bridgehead atoms. The molecule has 9 atom stereocenters. The van der Waals surface area contributed by atoms with E-state index >= 15 is 0 Å². The van der Waals surface area contributed by atoms with E-state index in [1.165, 1.54) is 6.92 Å². The number of aliphatic hydroxyl groups excluding tert-OH is 5. The largest absolute Gasteiger partial charge is 0.477 e. The second kappa shape index (κ2) is 11.5. The zero-order valence-electron chi connectivity index (χ0n) is 18.3. The van der Waals surface area contributed by atoms with Crippen LogP contribution in [0.2, 0.25) is 0 Å². The molecule has 0 unspecified atom stereocenters. The number of amides is 2. The fourth-order valence-corrected chi connectivity index (χ4v) is 3.90. The number of ether oxygens (including phenoxy) is 3. The molecular formula is C19H32N2O12. The molecule has 14 heteroatoms. The van der Waals surface area contributed by atoms with Crippen molar-refractivity contribution in [2.45, 2.75) is 81.2 Å². The molecule has 2 heterocycles. The van der Waals surface area contributed by atoms with Gasteiger partial charge in [0.25, 0.3) is 5.79 Å². The van der Waals surface area contributed by atoms with Crippen LogP contribution in [0.5, 0.6) is 0 Å². The van der Waals surface area contributed by atoms with Crippen LogP contribution in [0.3, 0.4) is 0 Å². The highest BCUT2D eigenvalue weighted by Gasteiger charge is 2.56. The van der Waals surface area contributed by atoms with Crippen LogP contribution in [0, 0.1) is 0 Å². The Morgan fingerprint density at radius 1 is 1.12 bits per heavy atom. The molecule has 0 radical (unpaired) electrons. The van der Waals surface area contributed by atoms with Crippen molar-refractivity contribution >= 4 is 17.8 Å². The van der Waals surface area contributed by atoms with E-state index in [-0.39, 0.29) is 18.9 Å². The summed E-state index contributed by atoms with van der Waals surface area (Å²) < 4.78 is 16.4. The van der Waals surface area contributed by atoms with Gasteiger partial charge in [0, 0.05) is 20.3 Å². The Morgan fingerprint density at radius 3 is 2.27 bits per heavy atom. The first kappa shape index (κ1) is 27.3. The zero-order valence-corrected chi connectivity index (χ0v) is 18.3. The number of aliphatic hydroxyl groups is 5. The number of hydrogen-bond acceptors (Lipinski definition) is 11. The van der Waals surface area contributed by atoms with Crippen LogP contribution < -0.4 is 10.6 Å². The Morgan fingerprint density at radius 2 is 1.76 bits per heavy atom. The molecule has 8 N–H and O–H groups in total. The highest BCUT2D eigenvalue weighted by atomic mass is 16.7. The lowest BCUT2D eigenvalue weighted by Gasteiger charge is -2.47. The van der Waals surface area contributed by atoms with E-state index in [1.807, 2.05) is 0 Å². The average molecular weight is 480 g/mol. The van der Waals surface area contributed by atoms with E-state index in [1.54, 1.807) is 0 Å². The van der Waals surface area contributed by atoms with Crippen LogP contribution in [-0.2, 0) is 28.6 Å². The first-order chi connectivity index (χ1) is 15.4. The molecule has 0 aromatic heterocycles. The van der Waals surface area contributed by atoms with Crippen LogP contribution in [-0.4, -0.2) is 123 Å². The summed E-state index contributed by atoms with van der Waals surface area (Å²) in [4.78, 5) is 34.8. The van der Waals surface area contributed by atoms with E-state index in [4.69, 9.17) is 19.3 Å². The maximum absolute atomic E-state index is 12.1. The third kappa shape index (κ3) is 6.80.